The predicted octanol–water partition coefficient (Wildman–Crippen LogP) is 0.733. The average molecular weight is 256 g/mol. The lowest BCUT2D eigenvalue weighted by Gasteiger charge is -2.25. The van der Waals surface area contributed by atoms with Crippen molar-refractivity contribution in [1.82, 2.24) is 5.32 Å². The lowest BCUT2D eigenvalue weighted by atomic mass is 9.99. The van der Waals surface area contributed by atoms with Gasteiger partial charge in [-0.25, -0.2) is 18.2 Å². The molecule has 2 rings (SSSR count). The molecule has 0 spiro atoms. The Morgan fingerprint density at radius 1 is 1.22 bits per heavy atom. The lowest BCUT2D eigenvalue weighted by molar-refractivity contribution is 0.452. The van der Waals surface area contributed by atoms with Crippen molar-refractivity contribution < 1.29 is 13.2 Å². The highest BCUT2D eigenvalue weighted by Crippen LogP contribution is 2.22. The summed E-state index contributed by atoms with van der Waals surface area (Å²) in [4.78, 5) is 3.84. The summed E-state index contributed by atoms with van der Waals surface area (Å²) in [5.74, 6) is -3.25. The molecule has 1 aliphatic rings. The van der Waals surface area contributed by atoms with E-state index in [1.54, 1.807) is 0 Å². The van der Waals surface area contributed by atoms with Crippen LogP contribution in [0.2, 0.25) is 0 Å². The average Bonchev–Trinajstić information content (AvgIpc) is 2.29. The molecular weight excluding hydrogens is 245 g/mol. The van der Waals surface area contributed by atoms with Gasteiger partial charge in [0.05, 0.1) is 0 Å². The summed E-state index contributed by atoms with van der Waals surface area (Å²) in [7, 11) is 0. The van der Waals surface area contributed by atoms with Crippen LogP contribution < -0.4 is 16.8 Å². The molecule has 1 unspecified atom stereocenters. The molecule has 0 amide bonds. The molecule has 1 aromatic rings. The molecule has 0 aromatic heterocycles. The van der Waals surface area contributed by atoms with Crippen molar-refractivity contribution in [1.29, 1.82) is 0 Å². The number of hydrogen-bond acceptors (Lipinski definition) is 4. The number of nitrogens with one attached hydrogen (secondary N) is 1. The second kappa shape index (κ2) is 4.34. The minimum absolute atomic E-state index is 0.0252. The van der Waals surface area contributed by atoms with Gasteiger partial charge >= 0.3 is 0 Å². The lowest BCUT2D eigenvalue weighted by Crippen LogP contribution is -2.46. The molecule has 1 atom stereocenters. The monoisotopic (exact) mass is 256 g/mol. The maximum Gasteiger partial charge on any atom is 0.194 e. The third kappa shape index (κ3) is 2.30. The van der Waals surface area contributed by atoms with Crippen molar-refractivity contribution >= 4 is 5.96 Å². The molecule has 1 aromatic carbocycles. The minimum Gasteiger partial charge on any atom is -0.370 e. The van der Waals surface area contributed by atoms with Crippen molar-refractivity contribution in [3.05, 3.63) is 47.4 Å². The molecule has 1 aliphatic heterocycles. The van der Waals surface area contributed by atoms with Gasteiger partial charge < -0.3 is 16.8 Å². The number of rotatable bonds is 2. The second-order valence-corrected chi connectivity index (χ2v) is 3.96. The van der Waals surface area contributed by atoms with Crippen LogP contribution >= 0.6 is 0 Å². The van der Waals surface area contributed by atoms with Gasteiger partial charge in [-0.2, -0.15) is 0 Å². The summed E-state index contributed by atoms with van der Waals surface area (Å²) >= 11 is 0. The second-order valence-electron chi connectivity index (χ2n) is 3.96. The predicted molar refractivity (Wildman–Crippen MR) is 60.8 cm³/mol. The molecule has 7 heteroatoms. The van der Waals surface area contributed by atoms with E-state index >= 15 is 0 Å². The summed E-state index contributed by atoms with van der Waals surface area (Å²) in [6.07, 6.45) is 2.48. The van der Waals surface area contributed by atoms with Crippen LogP contribution in [-0.2, 0) is 6.42 Å². The molecule has 5 N–H and O–H groups in total. The zero-order valence-electron chi connectivity index (χ0n) is 9.25. The molecule has 0 fully saturated rings. The largest absolute Gasteiger partial charge is 0.370 e. The Bertz CT molecular complexity index is 541. The fourth-order valence-electron chi connectivity index (χ4n) is 1.68. The van der Waals surface area contributed by atoms with Crippen LogP contribution in [0, 0.1) is 17.5 Å². The first kappa shape index (κ1) is 12.4. The van der Waals surface area contributed by atoms with E-state index in [1.807, 2.05) is 0 Å². The van der Waals surface area contributed by atoms with Crippen LogP contribution in [0.25, 0.3) is 0 Å². The number of hydrogen-bond donors (Lipinski definition) is 3. The molecule has 0 saturated heterocycles. The van der Waals surface area contributed by atoms with Crippen molar-refractivity contribution in [3.63, 3.8) is 0 Å². The van der Waals surface area contributed by atoms with Crippen molar-refractivity contribution in [3.8, 4) is 0 Å². The number of nitrogens with two attached hydrogens (primary N) is 2. The zero-order valence-corrected chi connectivity index (χ0v) is 9.25. The van der Waals surface area contributed by atoms with Crippen molar-refractivity contribution in [2.75, 3.05) is 0 Å². The smallest absolute Gasteiger partial charge is 0.194 e. The summed E-state index contributed by atoms with van der Waals surface area (Å²) in [5.41, 5.74) is 9.38. The Morgan fingerprint density at radius 2 is 1.89 bits per heavy atom. The third-order valence-electron chi connectivity index (χ3n) is 2.53. The quantitative estimate of drug-likeness (QED) is 0.683. The van der Waals surface area contributed by atoms with Crippen LogP contribution in [0.3, 0.4) is 0 Å². The van der Waals surface area contributed by atoms with Crippen molar-refractivity contribution in [2.24, 2.45) is 16.5 Å². The summed E-state index contributed by atoms with van der Waals surface area (Å²) in [6.45, 7) is 0. The van der Waals surface area contributed by atoms with Crippen LogP contribution in [0.1, 0.15) is 5.56 Å². The third-order valence-corrected chi connectivity index (χ3v) is 2.53. The van der Waals surface area contributed by atoms with E-state index in [9.17, 15) is 13.2 Å². The van der Waals surface area contributed by atoms with Gasteiger partial charge in [0, 0.05) is 18.2 Å². The first-order valence-electron chi connectivity index (χ1n) is 5.12. The van der Waals surface area contributed by atoms with Gasteiger partial charge in [0.15, 0.2) is 17.6 Å². The van der Waals surface area contributed by atoms with Crippen molar-refractivity contribution in [2.45, 2.75) is 12.1 Å². The highest BCUT2D eigenvalue weighted by molar-refractivity contribution is 5.80. The molecule has 0 radical (unpaired) electrons. The number of halogens is 3. The highest BCUT2D eigenvalue weighted by atomic mass is 19.2. The molecule has 18 heavy (non-hydrogen) atoms. The first-order chi connectivity index (χ1) is 8.41. The Kier molecular flexibility index (Phi) is 3.00. The molecular formula is C11H11F3N4. The van der Waals surface area contributed by atoms with E-state index in [0.717, 1.165) is 6.07 Å². The standard InChI is InChI=1S/C11H11F3N4/c12-7-1-2-8(13)9(14)6(7)5-11(16)3-4-17-10(15)18-11/h1-4H,5,16H2,(H3,15,17,18). The van der Waals surface area contributed by atoms with E-state index in [0.29, 0.717) is 6.07 Å². The molecule has 0 aliphatic carbocycles. The van der Waals surface area contributed by atoms with Gasteiger partial charge in [0.25, 0.3) is 0 Å². The molecule has 0 bridgehead atoms. The molecule has 4 nitrogen and oxygen atoms in total. The number of nitrogens with zero attached hydrogens (tertiary/aromatic N) is 1. The highest BCUT2D eigenvalue weighted by Gasteiger charge is 2.28. The maximum absolute atomic E-state index is 13.5. The van der Waals surface area contributed by atoms with Gasteiger partial charge in [0.2, 0.25) is 0 Å². The molecule has 96 valence electrons. The van der Waals surface area contributed by atoms with E-state index in [-0.39, 0.29) is 12.4 Å². The van der Waals surface area contributed by atoms with Gasteiger partial charge in [0.1, 0.15) is 11.5 Å². The van der Waals surface area contributed by atoms with Gasteiger partial charge in [-0.1, -0.05) is 0 Å². The topological polar surface area (TPSA) is 76.4 Å². The number of guanidine groups is 1. The van der Waals surface area contributed by atoms with E-state index in [2.05, 4.69) is 10.3 Å². The SMILES string of the molecule is NC1=NC(N)(Cc2c(F)ccc(F)c2F)C=CN1. The van der Waals surface area contributed by atoms with Crippen LogP contribution in [-0.4, -0.2) is 11.6 Å². The van der Waals surface area contributed by atoms with Crippen LogP contribution in [0.4, 0.5) is 13.2 Å². The molecule has 0 saturated carbocycles. The minimum atomic E-state index is -1.40. The van der Waals surface area contributed by atoms with E-state index in [1.165, 1.54) is 12.3 Å². The van der Waals surface area contributed by atoms with Crippen LogP contribution in [0.15, 0.2) is 29.4 Å². The first-order valence-corrected chi connectivity index (χ1v) is 5.12. The fraction of sp³-hybridized carbons (Fsp3) is 0.182. The zero-order chi connectivity index (χ0) is 13.3. The fourth-order valence-corrected chi connectivity index (χ4v) is 1.68. The Balaban J connectivity index is 2.38. The van der Waals surface area contributed by atoms with Gasteiger partial charge in [-0.15, -0.1) is 0 Å². The number of benzene rings is 1. The normalized spacial score (nSPS) is 22.6. The molecule has 1 heterocycles. The summed E-state index contributed by atoms with van der Waals surface area (Å²) in [6, 6.07) is 1.56. The Hall–Kier alpha value is -2.02. The van der Waals surface area contributed by atoms with E-state index in [4.69, 9.17) is 11.5 Å². The van der Waals surface area contributed by atoms with E-state index < -0.39 is 28.7 Å². The Morgan fingerprint density at radius 3 is 2.56 bits per heavy atom. The number of aliphatic imine (C=N–C) groups is 1. The van der Waals surface area contributed by atoms with Crippen LogP contribution in [0.5, 0.6) is 0 Å². The van der Waals surface area contributed by atoms with Gasteiger partial charge in [-0.3, -0.25) is 0 Å². The maximum atomic E-state index is 13.5. The Labute approximate surface area is 101 Å². The van der Waals surface area contributed by atoms with Gasteiger partial charge in [-0.05, 0) is 18.2 Å². The summed E-state index contributed by atoms with van der Waals surface area (Å²) < 4.78 is 40.0. The summed E-state index contributed by atoms with van der Waals surface area (Å²) in [5, 5.41) is 2.57.